The van der Waals surface area contributed by atoms with E-state index in [2.05, 4.69) is 20.8 Å². The number of hydrogen-bond donors (Lipinski definition) is 3. The lowest BCUT2D eigenvalue weighted by Crippen LogP contribution is -2.29. The number of halogens is 3. The quantitative estimate of drug-likeness (QED) is 0.499. The highest BCUT2D eigenvalue weighted by Gasteiger charge is 2.80. The Morgan fingerprint density at radius 3 is 1.71 bits per heavy atom. The maximum absolute atomic E-state index is 12.4. The number of fused-ring (bicyclic) bond motifs is 1. The average molecular weight is 487 g/mol. The van der Waals surface area contributed by atoms with Crippen molar-refractivity contribution in [3.05, 3.63) is 35.4 Å². The molecule has 1 aliphatic heterocycles. The number of ketones is 1. The fraction of sp³-hybridized carbons (Fsp3) is 0.565. The lowest BCUT2D eigenvalue weighted by Gasteiger charge is -2.20. The van der Waals surface area contributed by atoms with Crippen LogP contribution < -0.4 is 0 Å². The van der Waals surface area contributed by atoms with Gasteiger partial charge in [0.1, 0.15) is 0 Å². The van der Waals surface area contributed by atoms with Gasteiger partial charge in [-0.1, -0.05) is 45.0 Å². The zero-order chi connectivity index (χ0) is 26.1. The van der Waals surface area contributed by atoms with Crippen molar-refractivity contribution in [1.82, 2.24) is 4.90 Å². The summed E-state index contributed by atoms with van der Waals surface area (Å²) in [4.78, 5) is 46.2. The van der Waals surface area contributed by atoms with Crippen molar-refractivity contribution in [2.45, 2.75) is 51.6 Å². The molecule has 11 heteroatoms. The summed E-state index contributed by atoms with van der Waals surface area (Å²) in [6.45, 7) is 7.41. The summed E-state index contributed by atoms with van der Waals surface area (Å²) < 4.78 is 31.7. The molecular formula is C23H28F3NO7. The van der Waals surface area contributed by atoms with Crippen molar-refractivity contribution in [2.75, 3.05) is 19.6 Å². The van der Waals surface area contributed by atoms with Crippen LogP contribution >= 0.6 is 0 Å². The Hall–Kier alpha value is -2.95. The highest BCUT2D eigenvalue weighted by atomic mass is 19.4. The minimum Gasteiger partial charge on any atom is -0.481 e. The molecule has 8 nitrogen and oxygen atoms in total. The van der Waals surface area contributed by atoms with E-state index in [1.807, 2.05) is 29.2 Å². The second kappa shape index (κ2) is 9.36. The zero-order valence-corrected chi connectivity index (χ0v) is 19.1. The van der Waals surface area contributed by atoms with Crippen molar-refractivity contribution in [1.29, 1.82) is 0 Å². The molecule has 0 spiro atoms. The molecule has 0 amide bonds. The first-order valence-electron chi connectivity index (χ1n) is 10.6. The third-order valence-corrected chi connectivity index (χ3v) is 6.39. The van der Waals surface area contributed by atoms with Gasteiger partial charge in [-0.25, -0.2) is 4.79 Å². The van der Waals surface area contributed by atoms with Gasteiger partial charge in [0.15, 0.2) is 5.78 Å². The highest BCUT2D eigenvalue weighted by Crippen LogP contribution is 2.68. The first-order valence-corrected chi connectivity index (χ1v) is 10.6. The molecule has 1 aromatic rings. The Kier molecular flexibility index (Phi) is 7.51. The Morgan fingerprint density at radius 2 is 1.35 bits per heavy atom. The van der Waals surface area contributed by atoms with Crippen LogP contribution in [0.3, 0.4) is 0 Å². The van der Waals surface area contributed by atoms with E-state index in [0.29, 0.717) is 24.9 Å². The molecule has 1 saturated carbocycles. The molecule has 0 bridgehead atoms. The Morgan fingerprint density at radius 1 is 0.912 bits per heavy atom. The van der Waals surface area contributed by atoms with E-state index in [-0.39, 0.29) is 30.7 Å². The third-order valence-electron chi connectivity index (χ3n) is 6.39. The van der Waals surface area contributed by atoms with E-state index in [4.69, 9.17) is 9.90 Å². The van der Waals surface area contributed by atoms with E-state index in [0.717, 1.165) is 0 Å². The largest absolute Gasteiger partial charge is 0.490 e. The predicted octanol–water partition coefficient (Wildman–Crippen LogP) is 3.44. The number of carboxylic acids is 3. The van der Waals surface area contributed by atoms with Crippen molar-refractivity contribution < 1.29 is 47.7 Å². The first-order chi connectivity index (χ1) is 15.5. The molecule has 1 aliphatic carbocycles. The van der Waals surface area contributed by atoms with Crippen LogP contribution in [-0.4, -0.2) is 69.7 Å². The molecule has 0 radical (unpaired) electrons. The molecule has 0 unspecified atom stereocenters. The van der Waals surface area contributed by atoms with Gasteiger partial charge in [-0.3, -0.25) is 14.4 Å². The number of hydrogen-bond acceptors (Lipinski definition) is 5. The SMILES string of the molecule is CC(C)(C)c1ccc(C(=O)CCCN2C[C@@]3(C(=O)O)C[C@@]3(C(=O)O)C2)cc1.O=C(O)C(F)(F)F. The molecule has 2 fully saturated rings. The zero-order valence-electron chi connectivity index (χ0n) is 19.1. The van der Waals surface area contributed by atoms with Crippen LogP contribution in [0.4, 0.5) is 13.2 Å². The molecule has 3 N–H and O–H groups in total. The molecule has 3 rings (SSSR count). The van der Waals surface area contributed by atoms with E-state index in [1.54, 1.807) is 0 Å². The molecule has 34 heavy (non-hydrogen) atoms. The molecule has 1 saturated heterocycles. The number of carbonyl (C=O) groups is 4. The second-order valence-corrected chi connectivity index (χ2v) is 9.82. The summed E-state index contributed by atoms with van der Waals surface area (Å²) in [5.41, 5.74) is -0.403. The van der Waals surface area contributed by atoms with Crippen molar-refractivity contribution in [3.8, 4) is 0 Å². The Bertz CT molecular complexity index is 940. The number of aliphatic carboxylic acids is 3. The van der Waals surface area contributed by atoms with E-state index in [9.17, 15) is 37.8 Å². The van der Waals surface area contributed by atoms with Gasteiger partial charge in [0.2, 0.25) is 0 Å². The van der Waals surface area contributed by atoms with Gasteiger partial charge >= 0.3 is 24.1 Å². The van der Waals surface area contributed by atoms with Crippen LogP contribution in [0.15, 0.2) is 24.3 Å². The molecule has 2 aliphatic rings. The fourth-order valence-electron chi connectivity index (χ4n) is 4.32. The van der Waals surface area contributed by atoms with E-state index < -0.39 is 34.9 Å². The summed E-state index contributed by atoms with van der Waals surface area (Å²) in [6, 6.07) is 7.67. The molecule has 2 atom stereocenters. The van der Waals surface area contributed by atoms with Crippen LogP contribution in [-0.2, 0) is 19.8 Å². The number of piperidine rings is 1. The van der Waals surface area contributed by atoms with Gasteiger partial charge < -0.3 is 20.2 Å². The number of likely N-dealkylation sites (tertiary alicyclic amines) is 1. The summed E-state index contributed by atoms with van der Waals surface area (Å²) in [5.74, 6) is -4.75. The molecule has 0 aromatic heterocycles. The number of Topliss-reactive ketones (excluding diaryl/α,β-unsaturated/α-hetero) is 1. The van der Waals surface area contributed by atoms with Crippen molar-refractivity contribution in [2.24, 2.45) is 10.8 Å². The van der Waals surface area contributed by atoms with Gasteiger partial charge in [-0.05, 0) is 30.4 Å². The monoisotopic (exact) mass is 487 g/mol. The molecular weight excluding hydrogens is 459 g/mol. The lowest BCUT2D eigenvalue weighted by molar-refractivity contribution is -0.192. The fourth-order valence-corrected chi connectivity index (χ4v) is 4.32. The van der Waals surface area contributed by atoms with Gasteiger partial charge in [-0.2, -0.15) is 13.2 Å². The van der Waals surface area contributed by atoms with Crippen molar-refractivity contribution in [3.63, 3.8) is 0 Å². The number of rotatable bonds is 7. The average Bonchev–Trinajstić information content (AvgIpc) is 3.25. The minimum absolute atomic E-state index is 0.0400. The maximum atomic E-state index is 12.4. The number of carboxylic acid groups (broad SMARTS) is 3. The predicted molar refractivity (Wildman–Crippen MR) is 114 cm³/mol. The van der Waals surface area contributed by atoms with Gasteiger partial charge in [-0.15, -0.1) is 0 Å². The summed E-state index contributed by atoms with van der Waals surface area (Å²) in [7, 11) is 0. The number of carbonyl (C=O) groups excluding carboxylic acids is 1. The smallest absolute Gasteiger partial charge is 0.481 e. The van der Waals surface area contributed by atoms with Crippen LogP contribution in [0.5, 0.6) is 0 Å². The van der Waals surface area contributed by atoms with Gasteiger partial charge in [0.25, 0.3) is 0 Å². The molecule has 188 valence electrons. The number of alkyl halides is 3. The summed E-state index contributed by atoms with van der Waals surface area (Å²) >= 11 is 0. The summed E-state index contributed by atoms with van der Waals surface area (Å²) in [5, 5.41) is 26.0. The van der Waals surface area contributed by atoms with Gasteiger partial charge in [0.05, 0.1) is 10.8 Å². The Labute approximate surface area is 194 Å². The van der Waals surface area contributed by atoms with Crippen LogP contribution in [0, 0.1) is 10.8 Å². The van der Waals surface area contributed by atoms with E-state index >= 15 is 0 Å². The van der Waals surface area contributed by atoms with Crippen LogP contribution in [0.25, 0.3) is 0 Å². The lowest BCUT2D eigenvalue weighted by atomic mass is 9.86. The molecule has 1 heterocycles. The number of nitrogens with zero attached hydrogens (tertiary/aromatic N) is 1. The number of benzene rings is 1. The normalized spacial score (nSPS) is 23.9. The van der Waals surface area contributed by atoms with Crippen molar-refractivity contribution >= 4 is 23.7 Å². The second-order valence-electron chi connectivity index (χ2n) is 9.82. The standard InChI is InChI=1S/C21H27NO5.C2HF3O2/c1-19(2,3)15-8-6-14(7-9-15)16(23)5-4-10-22-12-20(17(24)25)11-21(20,13-22)18(26)27;3-2(4,5)1(6)7/h6-9H,4-5,10-13H2,1-3H3,(H,24,25)(H,26,27);(H,6,7)/t20-,21+;. The minimum atomic E-state index is -5.08. The topological polar surface area (TPSA) is 132 Å². The first kappa shape index (κ1) is 27.3. The Balaban J connectivity index is 0.000000509. The maximum Gasteiger partial charge on any atom is 0.490 e. The highest BCUT2D eigenvalue weighted by molar-refractivity contribution is 5.96. The van der Waals surface area contributed by atoms with E-state index in [1.165, 1.54) is 5.56 Å². The summed E-state index contributed by atoms with van der Waals surface area (Å²) in [6.07, 6.45) is -3.92. The van der Waals surface area contributed by atoms with Gasteiger partial charge in [0, 0.05) is 25.1 Å². The third kappa shape index (κ3) is 5.57. The molecule has 1 aromatic carbocycles. The van der Waals surface area contributed by atoms with Crippen LogP contribution in [0.2, 0.25) is 0 Å². The van der Waals surface area contributed by atoms with Crippen LogP contribution in [0.1, 0.15) is 56.0 Å².